The molecule has 1 saturated heterocycles. The van der Waals surface area contributed by atoms with Crippen LogP contribution in [0.15, 0.2) is 0 Å². The average molecular weight is 270 g/mol. The van der Waals surface area contributed by atoms with Crippen molar-refractivity contribution < 1.29 is 19.8 Å². The summed E-state index contributed by atoms with van der Waals surface area (Å²) in [6.45, 7) is 2.15. The maximum Gasteiger partial charge on any atom is 0.326 e. The molecule has 0 radical (unpaired) electrons. The molecule has 6 heteroatoms. The van der Waals surface area contributed by atoms with Gasteiger partial charge in [0.2, 0.25) is 0 Å². The fourth-order valence-corrected chi connectivity index (χ4v) is 3.33. The number of urea groups is 1. The molecule has 2 fully saturated rings. The molecule has 0 aromatic heterocycles. The minimum absolute atomic E-state index is 0.0966. The molecule has 19 heavy (non-hydrogen) atoms. The van der Waals surface area contributed by atoms with Crippen molar-refractivity contribution in [2.24, 2.45) is 11.8 Å². The Balaban J connectivity index is 2.14. The monoisotopic (exact) mass is 270 g/mol. The fraction of sp³-hybridized carbons (Fsp3) is 0.846. The topological polar surface area (TPSA) is 81.1 Å². The number of aliphatic hydroxyl groups excluding tert-OH is 1. The Kier molecular flexibility index (Phi) is 3.99. The number of rotatable bonds is 3. The minimum atomic E-state index is -0.909. The molecular weight excluding hydrogens is 248 g/mol. The van der Waals surface area contributed by atoms with Gasteiger partial charge in [-0.1, -0.05) is 6.42 Å². The quantitative estimate of drug-likeness (QED) is 0.787. The number of likely N-dealkylation sites (tertiary alicyclic amines) is 1. The smallest absolute Gasteiger partial charge is 0.326 e. The second-order valence-corrected chi connectivity index (χ2v) is 5.72. The maximum atomic E-state index is 12.4. The zero-order valence-corrected chi connectivity index (χ0v) is 11.5. The van der Waals surface area contributed by atoms with Crippen LogP contribution in [0.1, 0.15) is 26.2 Å². The highest BCUT2D eigenvalue weighted by molar-refractivity contribution is 5.84. The number of nitrogens with zero attached hydrogens (tertiary/aromatic N) is 2. The van der Waals surface area contributed by atoms with E-state index in [1.165, 1.54) is 9.80 Å². The number of aliphatic carboxylic acids is 1. The van der Waals surface area contributed by atoms with Crippen LogP contribution in [0.5, 0.6) is 0 Å². The van der Waals surface area contributed by atoms with E-state index < -0.39 is 12.0 Å². The lowest BCUT2D eigenvalue weighted by molar-refractivity contribution is -0.142. The molecule has 0 aromatic rings. The van der Waals surface area contributed by atoms with E-state index in [-0.39, 0.29) is 24.6 Å². The van der Waals surface area contributed by atoms with Crippen molar-refractivity contribution in [3.05, 3.63) is 0 Å². The van der Waals surface area contributed by atoms with Gasteiger partial charge in [-0.2, -0.15) is 0 Å². The standard InChI is InChI=1S/C13H22N2O4/c1-8(7-16)14(2)13(19)15-6-9-4-3-5-10(9)11(15)12(17)18/h8-11,16H,3-7H2,1-2H3,(H,17,18). The molecule has 6 nitrogen and oxygen atoms in total. The number of carbonyl (C=O) groups is 2. The van der Waals surface area contributed by atoms with E-state index >= 15 is 0 Å². The maximum absolute atomic E-state index is 12.4. The lowest BCUT2D eigenvalue weighted by Gasteiger charge is -2.32. The highest BCUT2D eigenvalue weighted by Gasteiger charge is 2.50. The van der Waals surface area contributed by atoms with Gasteiger partial charge in [-0.05, 0) is 31.6 Å². The highest BCUT2D eigenvalue weighted by Crippen LogP contribution is 2.42. The molecule has 108 valence electrons. The van der Waals surface area contributed by atoms with Crippen LogP contribution in [0.4, 0.5) is 4.79 Å². The summed E-state index contributed by atoms with van der Waals surface area (Å²) in [6.07, 6.45) is 2.96. The first-order valence-corrected chi connectivity index (χ1v) is 6.84. The first-order valence-electron chi connectivity index (χ1n) is 6.84. The third kappa shape index (κ3) is 2.41. The largest absolute Gasteiger partial charge is 0.480 e. The zero-order chi connectivity index (χ0) is 14.2. The molecule has 1 aliphatic carbocycles. The van der Waals surface area contributed by atoms with E-state index in [0.717, 1.165) is 19.3 Å². The van der Waals surface area contributed by atoms with Crippen LogP contribution in [0.2, 0.25) is 0 Å². The van der Waals surface area contributed by atoms with Gasteiger partial charge in [0.1, 0.15) is 6.04 Å². The van der Waals surface area contributed by atoms with E-state index in [4.69, 9.17) is 5.11 Å². The normalized spacial score (nSPS) is 31.1. The van der Waals surface area contributed by atoms with Gasteiger partial charge in [0.05, 0.1) is 12.6 Å². The molecule has 1 aliphatic heterocycles. The molecule has 4 unspecified atom stereocenters. The highest BCUT2D eigenvalue weighted by atomic mass is 16.4. The summed E-state index contributed by atoms with van der Waals surface area (Å²) in [6, 6.07) is -1.29. The minimum Gasteiger partial charge on any atom is -0.480 e. The Morgan fingerprint density at radius 2 is 2.11 bits per heavy atom. The molecule has 0 bridgehead atoms. The first kappa shape index (κ1) is 14.1. The molecule has 2 rings (SSSR count). The van der Waals surface area contributed by atoms with Gasteiger partial charge in [-0.3, -0.25) is 0 Å². The number of carboxylic acid groups (broad SMARTS) is 1. The summed E-state index contributed by atoms with van der Waals surface area (Å²) in [7, 11) is 1.61. The second-order valence-electron chi connectivity index (χ2n) is 5.72. The van der Waals surface area contributed by atoms with E-state index in [0.29, 0.717) is 12.5 Å². The summed E-state index contributed by atoms with van der Waals surface area (Å²) < 4.78 is 0. The van der Waals surface area contributed by atoms with Gasteiger partial charge in [0.15, 0.2) is 0 Å². The number of likely N-dealkylation sites (N-methyl/N-ethyl adjacent to an activating group) is 1. The third-order valence-electron chi connectivity index (χ3n) is 4.62. The second kappa shape index (κ2) is 5.36. The van der Waals surface area contributed by atoms with Crippen LogP contribution in [-0.2, 0) is 4.79 Å². The Morgan fingerprint density at radius 1 is 1.42 bits per heavy atom. The van der Waals surface area contributed by atoms with Crippen LogP contribution < -0.4 is 0 Å². The molecule has 2 N–H and O–H groups in total. The fourth-order valence-electron chi connectivity index (χ4n) is 3.33. The predicted octanol–water partition coefficient (Wildman–Crippen LogP) is 0.604. The van der Waals surface area contributed by atoms with Crippen LogP contribution in [0, 0.1) is 11.8 Å². The molecule has 2 amide bonds. The van der Waals surface area contributed by atoms with Crippen molar-refractivity contribution in [3.8, 4) is 0 Å². The van der Waals surface area contributed by atoms with Crippen LogP contribution in [0.25, 0.3) is 0 Å². The van der Waals surface area contributed by atoms with Crippen molar-refractivity contribution in [2.75, 3.05) is 20.2 Å². The van der Waals surface area contributed by atoms with E-state index in [2.05, 4.69) is 0 Å². The van der Waals surface area contributed by atoms with E-state index in [9.17, 15) is 14.7 Å². The van der Waals surface area contributed by atoms with Crippen LogP contribution in [-0.4, -0.2) is 64.3 Å². The van der Waals surface area contributed by atoms with Crippen molar-refractivity contribution in [1.29, 1.82) is 0 Å². The van der Waals surface area contributed by atoms with Gasteiger partial charge in [-0.25, -0.2) is 9.59 Å². The predicted molar refractivity (Wildman–Crippen MR) is 68.7 cm³/mol. The van der Waals surface area contributed by atoms with Crippen LogP contribution >= 0.6 is 0 Å². The van der Waals surface area contributed by atoms with Crippen molar-refractivity contribution >= 4 is 12.0 Å². The lowest BCUT2D eigenvalue weighted by atomic mass is 9.94. The number of hydrogen-bond acceptors (Lipinski definition) is 3. The Morgan fingerprint density at radius 3 is 2.68 bits per heavy atom. The van der Waals surface area contributed by atoms with Gasteiger partial charge in [0, 0.05) is 13.6 Å². The molecule has 4 atom stereocenters. The number of fused-ring (bicyclic) bond motifs is 1. The first-order chi connectivity index (χ1) is 8.97. The number of carbonyl (C=O) groups excluding carboxylic acids is 1. The van der Waals surface area contributed by atoms with Gasteiger partial charge in [-0.15, -0.1) is 0 Å². The number of carboxylic acids is 1. The van der Waals surface area contributed by atoms with E-state index in [1.54, 1.807) is 14.0 Å². The van der Waals surface area contributed by atoms with E-state index in [1.807, 2.05) is 0 Å². The molecule has 0 aromatic carbocycles. The summed E-state index contributed by atoms with van der Waals surface area (Å²) in [5, 5.41) is 18.5. The molecule has 2 aliphatic rings. The SMILES string of the molecule is CC(CO)N(C)C(=O)N1CC2CCCC2C1C(=O)O. The van der Waals surface area contributed by atoms with Gasteiger partial charge >= 0.3 is 12.0 Å². The number of hydrogen-bond donors (Lipinski definition) is 2. The van der Waals surface area contributed by atoms with Crippen molar-refractivity contribution in [1.82, 2.24) is 9.80 Å². The van der Waals surface area contributed by atoms with Gasteiger partial charge in [0.25, 0.3) is 0 Å². The van der Waals surface area contributed by atoms with Crippen molar-refractivity contribution in [2.45, 2.75) is 38.3 Å². The Hall–Kier alpha value is -1.30. The Bertz CT molecular complexity index is 374. The molecule has 1 saturated carbocycles. The number of aliphatic hydroxyl groups is 1. The van der Waals surface area contributed by atoms with Gasteiger partial charge < -0.3 is 20.0 Å². The zero-order valence-electron chi connectivity index (χ0n) is 11.5. The summed E-state index contributed by atoms with van der Waals surface area (Å²) in [4.78, 5) is 26.7. The summed E-state index contributed by atoms with van der Waals surface area (Å²) in [5.41, 5.74) is 0. The van der Waals surface area contributed by atoms with Crippen LogP contribution in [0.3, 0.4) is 0 Å². The third-order valence-corrected chi connectivity index (χ3v) is 4.62. The summed E-state index contributed by atoms with van der Waals surface area (Å²) >= 11 is 0. The molecule has 0 spiro atoms. The Labute approximate surface area is 113 Å². The lowest BCUT2D eigenvalue weighted by Crippen LogP contribution is -2.51. The number of amides is 2. The van der Waals surface area contributed by atoms with Crippen molar-refractivity contribution in [3.63, 3.8) is 0 Å². The molecule has 1 heterocycles. The molecular formula is C13H22N2O4. The average Bonchev–Trinajstić information content (AvgIpc) is 2.94. The summed E-state index contributed by atoms with van der Waals surface area (Å²) in [5.74, 6) is -0.491.